The third kappa shape index (κ3) is 3.00. The van der Waals surface area contributed by atoms with Crippen LogP contribution in [0.15, 0.2) is 23.8 Å². The van der Waals surface area contributed by atoms with Crippen molar-refractivity contribution in [3.05, 3.63) is 34.4 Å². The van der Waals surface area contributed by atoms with Crippen molar-refractivity contribution in [2.75, 3.05) is 26.2 Å². The fourth-order valence-corrected chi connectivity index (χ4v) is 3.86. The monoisotopic (exact) mass is 357 g/mol. The molecule has 0 aliphatic carbocycles. The second kappa shape index (κ2) is 6.49. The number of piperazine rings is 1. The Labute approximate surface area is 149 Å². The van der Waals surface area contributed by atoms with Crippen LogP contribution in [0.3, 0.4) is 0 Å². The molecule has 1 atom stereocenters. The van der Waals surface area contributed by atoms with Crippen LogP contribution < -0.4 is 0 Å². The first-order valence-electron chi connectivity index (χ1n) is 8.21. The van der Waals surface area contributed by atoms with Crippen molar-refractivity contribution in [1.29, 1.82) is 0 Å². The molecular formula is C16H19N7OS. The molecule has 1 amide bonds. The number of thiazole rings is 1. The van der Waals surface area contributed by atoms with Gasteiger partial charge in [-0.15, -0.1) is 16.4 Å². The lowest BCUT2D eigenvalue weighted by atomic mass is 10.2. The van der Waals surface area contributed by atoms with E-state index in [9.17, 15) is 4.79 Å². The summed E-state index contributed by atoms with van der Waals surface area (Å²) in [5.74, 6) is 0.00149. The zero-order valence-electron chi connectivity index (χ0n) is 14.2. The molecular weight excluding hydrogens is 338 g/mol. The predicted octanol–water partition coefficient (Wildman–Crippen LogP) is 1.34. The zero-order chi connectivity index (χ0) is 17.4. The van der Waals surface area contributed by atoms with Crippen LogP contribution in [0.25, 0.3) is 11.2 Å². The van der Waals surface area contributed by atoms with E-state index in [-0.39, 0.29) is 11.9 Å². The van der Waals surface area contributed by atoms with Crippen molar-refractivity contribution in [3.63, 3.8) is 0 Å². The Morgan fingerprint density at radius 2 is 2.04 bits per heavy atom. The lowest BCUT2D eigenvalue weighted by Crippen LogP contribution is -2.49. The number of hydrogen-bond acceptors (Lipinski definition) is 7. The van der Waals surface area contributed by atoms with E-state index in [0.717, 1.165) is 18.1 Å². The first-order chi connectivity index (χ1) is 12.1. The molecule has 4 heterocycles. The van der Waals surface area contributed by atoms with Gasteiger partial charge in [0.2, 0.25) is 0 Å². The summed E-state index contributed by atoms with van der Waals surface area (Å²) >= 11 is 1.68. The number of rotatable bonds is 3. The second-order valence-corrected chi connectivity index (χ2v) is 7.08. The number of aromatic nitrogens is 5. The number of carbonyl (C=O) groups is 1. The number of carbonyl (C=O) groups excluding carboxylic acids is 1. The van der Waals surface area contributed by atoms with Crippen molar-refractivity contribution in [3.8, 4) is 0 Å². The lowest BCUT2D eigenvalue weighted by molar-refractivity contribution is 0.0581. The van der Waals surface area contributed by atoms with Crippen LogP contribution in [-0.4, -0.2) is 66.8 Å². The fourth-order valence-electron chi connectivity index (χ4n) is 3.14. The summed E-state index contributed by atoms with van der Waals surface area (Å²) in [6.07, 6.45) is 3.45. The number of pyridine rings is 1. The summed E-state index contributed by atoms with van der Waals surface area (Å²) in [5.41, 5.74) is 1.89. The minimum atomic E-state index is 0.00149. The maximum atomic E-state index is 12.8. The van der Waals surface area contributed by atoms with E-state index >= 15 is 0 Å². The van der Waals surface area contributed by atoms with Gasteiger partial charge in [-0.1, -0.05) is 5.21 Å². The van der Waals surface area contributed by atoms with E-state index in [1.165, 1.54) is 0 Å². The maximum absolute atomic E-state index is 12.8. The Kier molecular flexibility index (Phi) is 4.18. The van der Waals surface area contributed by atoms with Crippen LogP contribution in [0, 0.1) is 0 Å². The van der Waals surface area contributed by atoms with Gasteiger partial charge in [0.1, 0.15) is 10.5 Å². The minimum Gasteiger partial charge on any atom is -0.336 e. The molecule has 0 radical (unpaired) electrons. The normalized spacial score (nSPS) is 17.1. The van der Waals surface area contributed by atoms with Gasteiger partial charge in [0, 0.05) is 51.0 Å². The third-order valence-electron chi connectivity index (χ3n) is 4.65. The Morgan fingerprint density at radius 3 is 2.76 bits per heavy atom. The molecule has 1 unspecified atom stereocenters. The summed E-state index contributed by atoms with van der Waals surface area (Å²) in [7, 11) is 1.78. The van der Waals surface area contributed by atoms with E-state index in [1.54, 1.807) is 35.3 Å². The summed E-state index contributed by atoms with van der Waals surface area (Å²) in [5, 5.41) is 11.1. The quantitative estimate of drug-likeness (QED) is 0.704. The van der Waals surface area contributed by atoms with Crippen molar-refractivity contribution in [1.82, 2.24) is 34.8 Å². The topological polar surface area (TPSA) is 80.0 Å². The molecule has 8 nitrogen and oxygen atoms in total. The Hall–Kier alpha value is -2.39. The molecule has 0 spiro atoms. The highest BCUT2D eigenvalue weighted by Crippen LogP contribution is 2.23. The van der Waals surface area contributed by atoms with E-state index < -0.39 is 0 Å². The highest BCUT2D eigenvalue weighted by atomic mass is 32.1. The van der Waals surface area contributed by atoms with Gasteiger partial charge in [-0.25, -0.2) is 14.6 Å². The molecule has 1 saturated heterocycles. The average Bonchev–Trinajstić information content (AvgIpc) is 3.31. The molecule has 130 valence electrons. The van der Waals surface area contributed by atoms with E-state index in [4.69, 9.17) is 0 Å². The van der Waals surface area contributed by atoms with Crippen LogP contribution in [-0.2, 0) is 7.05 Å². The number of fused-ring (bicyclic) bond motifs is 1. The van der Waals surface area contributed by atoms with Gasteiger partial charge in [0.25, 0.3) is 5.91 Å². The van der Waals surface area contributed by atoms with Gasteiger partial charge in [0.15, 0.2) is 5.65 Å². The van der Waals surface area contributed by atoms with Gasteiger partial charge < -0.3 is 4.90 Å². The van der Waals surface area contributed by atoms with Crippen molar-refractivity contribution in [2.24, 2.45) is 7.05 Å². The summed E-state index contributed by atoms with van der Waals surface area (Å²) in [6.45, 7) is 5.25. The molecule has 0 aromatic carbocycles. The van der Waals surface area contributed by atoms with Crippen LogP contribution in [0.4, 0.5) is 0 Å². The van der Waals surface area contributed by atoms with Crippen LogP contribution in [0.1, 0.15) is 28.3 Å². The molecule has 3 aromatic heterocycles. The SMILES string of the molecule is CC(c1nccs1)N1CCN(C(=O)c2cnc3c(c2)nnn3C)CC1. The fraction of sp³-hybridized carbons (Fsp3) is 0.438. The Bertz CT molecular complexity index is 883. The standard InChI is InChI=1S/C16H19N7OS/c1-11(15-17-3-8-25-15)22-4-6-23(7-5-22)16(24)12-9-13-14(18-10-12)21(2)20-19-13/h3,8-11H,4-7H2,1-2H3. The smallest absolute Gasteiger partial charge is 0.255 e. The maximum Gasteiger partial charge on any atom is 0.255 e. The minimum absolute atomic E-state index is 0.00149. The molecule has 4 rings (SSSR count). The second-order valence-electron chi connectivity index (χ2n) is 6.15. The number of hydrogen-bond donors (Lipinski definition) is 0. The first-order valence-corrected chi connectivity index (χ1v) is 9.09. The van der Waals surface area contributed by atoms with Gasteiger partial charge in [-0.2, -0.15) is 0 Å². The van der Waals surface area contributed by atoms with E-state index in [1.807, 2.05) is 16.5 Å². The highest BCUT2D eigenvalue weighted by Gasteiger charge is 2.26. The summed E-state index contributed by atoms with van der Waals surface area (Å²) in [6, 6.07) is 2.05. The Morgan fingerprint density at radius 1 is 1.24 bits per heavy atom. The largest absolute Gasteiger partial charge is 0.336 e. The number of amides is 1. The molecule has 9 heteroatoms. The summed E-state index contributed by atoms with van der Waals surface area (Å²) < 4.78 is 1.60. The summed E-state index contributed by atoms with van der Waals surface area (Å²) in [4.78, 5) is 25.7. The van der Waals surface area contributed by atoms with E-state index in [2.05, 4.69) is 32.1 Å². The predicted molar refractivity (Wildman–Crippen MR) is 94.3 cm³/mol. The molecule has 3 aromatic rings. The number of nitrogens with zero attached hydrogens (tertiary/aromatic N) is 7. The van der Waals surface area contributed by atoms with Crippen LogP contribution in [0.2, 0.25) is 0 Å². The van der Waals surface area contributed by atoms with Crippen molar-refractivity contribution >= 4 is 28.4 Å². The lowest BCUT2D eigenvalue weighted by Gasteiger charge is -2.37. The van der Waals surface area contributed by atoms with Gasteiger partial charge in [-0.3, -0.25) is 9.69 Å². The first kappa shape index (κ1) is 16.1. The molecule has 1 aliphatic heterocycles. The molecule has 0 N–H and O–H groups in total. The van der Waals surface area contributed by atoms with Gasteiger partial charge in [0.05, 0.1) is 11.6 Å². The molecule has 25 heavy (non-hydrogen) atoms. The van der Waals surface area contributed by atoms with Gasteiger partial charge >= 0.3 is 0 Å². The number of aryl methyl sites for hydroxylation is 1. The van der Waals surface area contributed by atoms with Crippen molar-refractivity contribution < 1.29 is 4.79 Å². The molecule has 1 fully saturated rings. The highest BCUT2D eigenvalue weighted by molar-refractivity contribution is 7.09. The van der Waals surface area contributed by atoms with E-state index in [0.29, 0.717) is 29.8 Å². The Balaban J connectivity index is 1.43. The zero-order valence-corrected chi connectivity index (χ0v) is 15.0. The molecule has 1 aliphatic rings. The third-order valence-corrected chi connectivity index (χ3v) is 5.59. The average molecular weight is 357 g/mol. The molecule has 0 bridgehead atoms. The molecule has 0 saturated carbocycles. The van der Waals surface area contributed by atoms with Gasteiger partial charge in [-0.05, 0) is 13.0 Å². The van der Waals surface area contributed by atoms with Crippen LogP contribution >= 0.6 is 11.3 Å². The van der Waals surface area contributed by atoms with Crippen LogP contribution in [0.5, 0.6) is 0 Å². The van der Waals surface area contributed by atoms with Crippen molar-refractivity contribution in [2.45, 2.75) is 13.0 Å².